The zero-order valence-corrected chi connectivity index (χ0v) is 11.1. The van der Waals surface area contributed by atoms with Crippen LogP contribution in [0.1, 0.15) is 54.0 Å². The molecule has 0 aliphatic heterocycles. The van der Waals surface area contributed by atoms with Gasteiger partial charge in [-0.3, -0.25) is 4.98 Å². The smallest absolute Gasteiger partial charge is 0.0994 e. The van der Waals surface area contributed by atoms with E-state index in [-0.39, 0.29) is 0 Å². The molecule has 1 aromatic rings. The molecule has 0 amide bonds. The van der Waals surface area contributed by atoms with E-state index in [9.17, 15) is 5.26 Å². The minimum Gasteiger partial charge on any atom is -0.759 e. The van der Waals surface area contributed by atoms with Crippen LogP contribution in [0.5, 0.6) is 0 Å². The summed E-state index contributed by atoms with van der Waals surface area (Å²) in [5, 5.41) is 9.90. The summed E-state index contributed by atoms with van der Waals surface area (Å²) in [6.07, 6.45) is 11.0. The minimum atomic E-state index is 0.473. The summed E-state index contributed by atoms with van der Waals surface area (Å²) < 4.78 is 0. The largest absolute Gasteiger partial charge is 0.759 e. The maximum Gasteiger partial charge on any atom is 0.0994 e. The van der Waals surface area contributed by atoms with E-state index in [1.165, 1.54) is 11.1 Å². The van der Waals surface area contributed by atoms with Crippen LogP contribution in [0.3, 0.4) is 0 Å². The number of allylic oxidation sites excluding steroid dienone is 2. The van der Waals surface area contributed by atoms with Crippen LogP contribution in [0, 0.1) is 11.3 Å². The maximum absolute atomic E-state index is 9.39. The van der Waals surface area contributed by atoms with Crippen molar-refractivity contribution >= 4 is 12.6 Å². The van der Waals surface area contributed by atoms with Crippen molar-refractivity contribution in [1.29, 1.82) is 5.26 Å². The molecule has 1 heterocycles. The van der Waals surface area contributed by atoms with Crippen molar-refractivity contribution in [2.75, 3.05) is 0 Å². The summed E-state index contributed by atoms with van der Waals surface area (Å²) >= 11 is 5.30. The molecular weight excluding hydrogens is 240 g/mol. The van der Waals surface area contributed by atoms with E-state index in [1.54, 1.807) is 0 Å². The first-order valence-electron chi connectivity index (χ1n) is 6.59. The second kappa shape index (κ2) is 4.70. The van der Waals surface area contributed by atoms with Gasteiger partial charge in [-0.25, -0.2) is 0 Å². The van der Waals surface area contributed by atoms with Crippen LogP contribution in [-0.4, -0.2) is 4.98 Å². The highest BCUT2D eigenvalue weighted by Crippen LogP contribution is 2.38. The number of nitriles is 1. The first-order valence-corrected chi connectivity index (χ1v) is 7.00. The average Bonchev–Trinajstić information content (AvgIpc) is 2.85. The SMILES string of the molecule is N#Cc1c([S-])nc2c(c1[C@@H]1CC=CCC1)CCC2. The molecule has 0 aromatic carbocycles. The average molecular weight is 255 g/mol. The summed E-state index contributed by atoms with van der Waals surface area (Å²) in [5.41, 5.74) is 4.39. The first-order chi connectivity index (χ1) is 8.81. The number of hydrogen-bond acceptors (Lipinski definition) is 3. The van der Waals surface area contributed by atoms with E-state index < -0.39 is 0 Å². The number of aromatic nitrogens is 1. The first kappa shape index (κ1) is 11.7. The topological polar surface area (TPSA) is 36.7 Å². The number of hydrogen-bond donors (Lipinski definition) is 0. The van der Waals surface area contributed by atoms with Gasteiger partial charge in [-0.15, -0.1) is 0 Å². The Bertz CT molecular complexity index is 554. The second-order valence-corrected chi connectivity index (χ2v) is 5.46. The second-order valence-electron chi connectivity index (χ2n) is 5.08. The quantitative estimate of drug-likeness (QED) is 0.571. The molecule has 2 aliphatic carbocycles. The third kappa shape index (κ3) is 1.81. The van der Waals surface area contributed by atoms with Gasteiger partial charge in [0.25, 0.3) is 0 Å². The van der Waals surface area contributed by atoms with Crippen LogP contribution in [-0.2, 0) is 25.5 Å². The Balaban J connectivity index is 2.16. The molecule has 2 nitrogen and oxygen atoms in total. The number of aryl methyl sites for hydroxylation is 1. The van der Waals surface area contributed by atoms with E-state index in [4.69, 9.17) is 12.6 Å². The maximum atomic E-state index is 9.39. The lowest BCUT2D eigenvalue weighted by molar-refractivity contribution is 0.607. The van der Waals surface area contributed by atoms with Crippen LogP contribution in [0.4, 0.5) is 0 Å². The fraction of sp³-hybridized carbons (Fsp3) is 0.467. The van der Waals surface area contributed by atoms with Gasteiger partial charge in [0.1, 0.15) is 0 Å². The normalized spacial score (nSPS) is 21.6. The highest BCUT2D eigenvalue weighted by Gasteiger charge is 2.25. The molecule has 3 heteroatoms. The van der Waals surface area contributed by atoms with E-state index in [1.807, 2.05) is 0 Å². The zero-order chi connectivity index (χ0) is 12.5. The van der Waals surface area contributed by atoms with Gasteiger partial charge >= 0.3 is 0 Å². The van der Waals surface area contributed by atoms with Crippen molar-refractivity contribution in [3.05, 3.63) is 34.5 Å². The molecule has 2 aliphatic rings. The van der Waals surface area contributed by atoms with Gasteiger partial charge in [0.15, 0.2) is 0 Å². The van der Waals surface area contributed by atoms with Gasteiger partial charge in [0, 0.05) is 5.69 Å². The molecule has 0 saturated heterocycles. The Morgan fingerprint density at radius 1 is 1.33 bits per heavy atom. The summed E-state index contributed by atoms with van der Waals surface area (Å²) in [7, 11) is 0. The molecular formula is C15H15N2S-. The molecule has 0 radical (unpaired) electrons. The molecule has 0 saturated carbocycles. The van der Waals surface area contributed by atoms with E-state index in [0.717, 1.165) is 44.2 Å². The van der Waals surface area contributed by atoms with Gasteiger partial charge in [0.05, 0.1) is 11.6 Å². The van der Waals surface area contributed by atoms with Crippen molar-refractivity contribution in [3.63, 3.8) is 0 Å². The monoisotopic (exact) mass is 255 g/mol. The Morgan fingerprint density at radius 2 is 2.22 bits per heavy atom. The third-order valence-corrected chi connectivity index (χ3v) is 4.32. The lowest BCUT2D eigenvalue weighted by Gasteiger charge is -2.25. The molecule has 0 unspecified atom stereocenters. The van der Waals surface area contributed by atoms with Gasteiger partial charge in [-0.05, 0) is 55.6 Å². The molecule has 92 valence electrons. The lowest BCUT2D eigenvalue weighted by atomic mass is 9.83. The summed E-state index contributed by atoms with van der Waals surface area (Å²) in [5.74, 6) is 0.473. The Kier molecular flexibility index (Phi) is 3.05. The van der Waals surface area contributed by atoms with E-state index >= 15 is 0 Å². The molecule has 3 rings (SSSR count). The Hall–Kier alpha value is -1.40. The number of rotatable bonds is 1. The fourth-order valence-corrected chi connectivity index (χ4v) is 3.47. The molecule has 1 atom stereocenters. The zero-order valence-electron chi connectivity index (χ0n) is 10.3. The molecule has 0 bridgehead atoms. The Morgan fingerprint density at radius 3 is 2.94 bits per heavy atom. The highest BCUT2D eigenvalue weighted by atomic mass is 32.1. The molecule has 0 N–H and O–H groups in total. The summed E-state index contributed by atoms with van der Waals surface area (Å²) in [6, 6.07) is 2.30. The minimum absolute atomic E-state index is 0.473. The fourth-order valence-electron chi connectivity index (χ4n) is 3.20. The number of fused-ring (bicyclic) bond motifs is 1. The predicted molar refractivity (Wildman–Crippen MR) is 72.3 cm³/mol. The van der Waals surface area contributed by atoms with Crippen LogP contribution >= 0.6 is 0 Å². The van der Waals surface area contributed by atoms with Crippen molar-refractivity contribution < 1.29 is 0 Å². The van der Waals surface area contributed by atoms with Gasteiger partial charge < -0.3 is 12.6 Å². The van der Waals surface area contributed by atoms with Crippen molar-refractivity contribution in [2.24, 2.45) is 0 Å². The molecule has 18 heavy (non-hydrogen) atoms. The van der Waals surface area contributed by atoms with Crippen molar-refractivity contribution in [2.45, 2.75) is 49.5 Å². The summed E-state index contributed by atoms with van der Waals surface area (Å²) in [6.45, 7) is 0. The molecule has 0 fully saturated rings. The highest BCUT2D eigenvalue weighted by molar-refractivity contribution is 7.58. The van der Waals surface area contributed by atoms with Crippen LogP contribution in [0.2, 0.25) is 0 Å². The lowest BCUT2D eigenvalue weighted by Crippen LogP contribution is -2.10. The van der Waals surface area contributed by atoms with Crippen LogP contribution in [0.25, 0.3) is 0 Å². The summed E-state index contributed by atoms with van der Waals surface area (Å²) in [4.78, 5) is 4.45. The van der Waals surface area contributed by atoms with E-state index in [0.29, 0.717) is 16.5 Å². The van der Waals surface area contributed by atoms with Gasteiger partial charge in [-0.1, -0.05) is 17.2 Å². The number of nitrogens with zero attached hydrogens (tertiary/aromatic N) is 2. The van der Waals surface area contributed by atoms with Crippen molar-refractivity contribution in [1.82, 2.24) is 4.98 Å². The molecule has 0 spiro atoms. The predicted octanol–water partition coefficient (Wildman–Crippen LogP) is 3.17. The van der Waals surface area contributed by atoms with E-state index in [2.05, 4.69) is 23.2 Å². The van der Waals surface area contributed by atoms with Crippen LogP contribution < -0.4 is 0 Å². The number of pyridine rings is 1. The molecule has 1 aromatic heterocycles. The van der Waals surface area contributed by atoms with Crippen LogP contribution in [0.15, 0.2) is 17.2 Å². The standard InChI is InChI=1S/C15H16N2S/c16-9-12-14(10-5-2-1-3-6-10)11-7-4-8-13(11)17-15(12)18/h1-2,10H,3-8H2,(H,17,18)/p-1/t10-/m1/s1. The van der Waals surface area contributed by atoms with Gasteiger partial charge in [0.2, 0.25) is 0 Å². The third-order valence-electron chi connectivity index (χ3n) is 4.02. The Labute approximate surface area is 113 Å². The van der Waals surface area contributed by atoms with Crippen molar-refractivity contribution in [3.8, 4) is 6.07 Å². The van der Waals surface area contributed by atoms with Gasteiger partial charge in [-0.2, -0.15) is 5.26 Å².